The van der Waals surface area contributed by atoms with E-state index in [0.29, 0.717) is 50.0 Å². The number of allylic oxidation sites excluding steroid dienone is 2. The second-order valence-electron chi connectivity index (χ2n) is 15.7. The minimum atomic E-state index is -2.96. The molecule has 1 atom stereocenters. The summed E-state index contributed by atoms with van der Waals surface area (Å²) in [5.41, 5.74) is 19.6. The van der Waals surface area contributed by atoms with Crippen molar-refractivity contribution < 1.29 is 60.5 Å². The summed E-state index contributed by atoms with van der Waals surface area (Å²) in [7, 11) is 3.08. The third-order valence-electron chi connectivity index (χ3n) is 11.2. The van der Waals surface area contributed by atoms with Gasteiger partial charge in [0.1, 0.15) is 11.5 Å². The SMILES string of the molecule is CCOC(=O)C=C1CC(c2cccc(C(=O)C(=O)c3ccc(OC(F)F)cc3)c2)C1.CCOC(=O)C=C1CC(c2cccc(C3(c4ccc(OC(F)F)cc4)N=C(N)N(C)C3=O)c2)C1.CN=C(N)N.Cl. The number of rotatable bonds is 15. The summed E-state index contributed by atoms with van der Waals surface area (Å²) in [5.74, 6) is -2.01. The molecule has 0 bridgehead atoms. The molecule has 2 saturated carbocycles. The number of halogens is 5. The van der Waals surface area contributed by atoms with Gasteiger partial charge in [-0.3, -0.25) is 24.3 Å². The zero-order valence-electron chi connectivity index (χ0n) is 38.6. The summed E-state index contributed by atoms with van der Waals surface area (Å²) in [5, 5.41) is 0. The van der Waals surface area contributed by atoms with Crippen molar-refractivity contribution in [3.05, 3.63) is 154 Å². The standard InChI is InChI=1S/C25H25F2N3O4.C23H20F2O5.C2H7N3.ClH/c1-3-33-21(31)13-15-11-17(12-15)16-5-4-6-19(14-16)25(22(32)30(2)24(28)29-25)18-7-9-20(10-8-18)34-23(26)27;1-2-29-20(26)12-14-10-18(11-14)16-4-3-5-17(13-16)22(28)21(27)15-6-8-19(9-7-15)30-23(24)25;1-5-2(3)4;/h4-10,13-14,17,23H,3,11-12H2,1-2H3,(H2,28,29);3-9,12-13,18,23H,2,10-11H2,1H3;1H3,(H4,3,4,5);1H. The van der Waals surface area contributed by atoms with E-state index in [-0.39, 0.29) is 76.6 Å². The smallest absolute Gasteiger partial charge is 0.387 e. The number of Topliss-reactive ketones (excluding diaryl/α,β-unsaturated/α-hetero) is 2. The molecule has 372 valence electrons. The number of hydrogen-bond acceptors (Lipinski definition) is 12. The van der Waals surface area contributed by atoms with Crippen LogP contribution in [0.15, 0.2) is 130 Å². The maximum absolute atomic E-state index is 13.4. The number of nitrogens with zero attached hydrogens (tertiary/aromatic N) is 3. The Hall–Kier alpha value is -7.54. The number of carbonyl (C=O) groups excluding carboxylic acids is 5. The highest BCUT2D eigenvalue weighted by Crippen LogP contribution is 2.45. The van der Waals surface area contributed by atoms with Crippen molar-refractivity contribution in [2.45, 2.75) is 70.1 Å². The number of likely N-dealkylation sites (N-methyl/N-ethyl adjacent to an activating group) is 1. The van der Waals surface area contributed by atoms with E-state index < -0.39 is 30.3 Å². The second-order valence-corrected chi connectivity index (χ2v) is 15.7. The van der Waals surface area contributed by atoms with Gasteiger partial charge in [-0.05, 0) is 116 Å². The summed E-state index contributed by atoms with van der Waals surface area (Å²) in [6.45, 7) is -1.75. The van der Waals surface area contributed by atoms with Crippen LogP contribution in [0.2, 0.25) is 0 Å². The molecule has 7 rings (SSSR count). The Bertz CT molecular complexity index is 2620. The Morgan fingerprint density at radius 3 is 1.59 bits per heavy atom. The van der Waals surface area contributed by atoms with E-state index in [4.69, 9.17) is 26.7 Å². The summed E-state index contributed by atoms with van der Waals surface area (Å²) in [6.07, 6.45) is 5.85. The number of guanidine groups is 2. The van der Waals surface area contributed by atoms with Crippen LogP contribution >= 0.6 is 12.4 Å². The Morgan fingerprint density at radius 1 is 0.714 bits per heavy atom. The number of nitrogens with two attached hydrogens (primary N) is 3. The predicted octanol–water partition coefficient (Wildman–Crippen LogP) is 7.72. The lowest BCUT2D eigenvalue weighted by molar-refractivity contribution is -0.138. The Labute approximate surface area is 407 Å². The molecule has 20 heteroatoms. The normalized spacial score (nSPS) is 17.7. The van der Waals surface area contributed by atoms with Gasteiger partial charge in [0.05, 0.1) is 13.2 Å². The van der Waals surface area contributed by atoms with Crippen molar-refractivity contribution in [1.29, 1.82) is 0 Å². The van der Waals surface area contributed by atoms with E-state index in [0.717, 1.165) is 22.3 Å². The number of carbonyl (C=O) groups is 5. The number of hydrogen-bond donors (Lipinski definition) is 3. The Kier molecular flexibility index (Phi) is 19.8. The van der Waals surface area contributed by atoms with Crippen molar-refractivity contribution in [2.24, 2.45) is 27.2 Å². The number of ketones is 2. The van der Waals surface area contributed by atoms with Gasteiger partial charge in [-0.25, -0.2) is 14.6 Å². The van der Waals surface area contributed by atoms with Crippen molar-refractivity contribution in [1.82, 2.24) is 4.90 Å². The van der Waals surface area contributed by atoms with Crippen LogP contribution in [0.4, 0.5) is 17.6 Å². The molecule has 1 heterocycles. The van der Waals surface area contributed by atoms with E-state index in [1.165, 1.54) is 60.5 Å². The topological polar surface area (TPSA) is 228 Å². The molecule has 0 saturated heterocycles. The van der Waals surface area contributed by atoms with Crippen molar-refractivity contribution in [3.63, 3.8) is 0 Å². The van der Waals surface area contributed by atoms with Crippen LogP contribution in [-0.4, -0.2) is 86.8 Å². The lowest BCUT2D eigenvalue weighted by atomic mass is 9.74. The number of esters is 2. The first-order valence-electron chi connectivity index (χ1n) is 21.6. The average molecular weight is 993 g/mol. The maximum Gasteiger partial charge on any atom is 0.387 e. The van der Waals surface area contributed by atoms with E-state index in [2.05, 4.69) is 19.5 Å². The molecule has 1 aliphatic heterocycles. The molecule has 1 unspecified atom stereocenters. The largest absolute Gasteiger partial charge is 0.463 e. The van der Waals surface area contributed by atoms with Crippen LogP contribution in [0.3, 0.4) is 0 Å². The fraction of sp³-hybridized carbons (Fsp3) is 0.300. The molecule has 2 aliphatic carbocycles. The molecule has 0 aromatic heterocycles. The van der Waals surface area contributed by atoms with Crippen molar-refractivity contribution >= 4 is 53.7 Å². The van der Waals surface area contributed by atoms with Gasteiger partial charge in [0, 0.05) is 37.4 Å². The third-order valence-corrected chi connectivity index (χ3v) is 11.2. The number of benzene rings is 4. The van der Waals surface area contributed by atoms with Gasteiger partial charge in [-0.2, -0.15) is 17.6 Å². The molecular formula is C50H53ClF4N6O9. The fourth-order valence-corrected chi connectivity index (χ4v) is 7.62. The minimum absolute atomic E-state index is 0. The van der Waals surface area contributed by atoms with E-state index in [1.807, 2.05) is 24.3 Å². The van der Waals surface area contributed by atoms with E-state index in [1.54, 1.807) is 57.3 Å². The summed E-state index contributed by atoms with van der Waals surface area (Å²) >= 11 is 0. The zero-order chi connectivity index (χ0) is 50.4. The molecule has 6 N–H and O–H groups in total. The monoisotopic (exact) mass is 992 g/mol. The predicted molar refractivity (Wildman–Crippen MR) is 255 cm³/mol. The molecule has 0 radical (unpaired) electrons. The molecule has 1 amide bonds. The van der Waals surface area contributed by atoms with Gasteiger partial charge >= 0.3 is 25.2 Å². The van der Waals surface area contributed by atoms with Crippen LogP contribution in [0.1, 0.15) is 94.3 Å². The molecule has 70 heavy (non-hydrogen) atoms. The van der Waals surface area contributed by atoms with Gasteiger partial charge in [0.15, 0.2) is 17.5 Å². The van der Waals surface area contributed by atoms with Crippen molar-refractivity contribution in [2.75, 3.05) is 27.3 Å². The van der Waals surface area contributed by atoms with Gasteiger partial charge in [-0.15, -0.1) is 12.4 Å². The van der Waals surface area contributed by atoms with Crippen LogP contribution in [0, 0.1) is 0 Å². The summed E-state index contributed by atoms with van der Waals surface area (Å²) in [4.78, 5) is 70.8. The average Bonchev–Trinajstić information content (AvgIpc) is 3.53. The lowest BCUT2D eigenvalue weighted by Crippen LogP contribution is -2.41. The second kappa shape index (κ2) is 25.2. The Morgan fingerprint density at radius 2 is 1.16 bits per heavy atom. The lowest BCUT2D eigenvalue weighted by Gasteiger charge is -2.31. The first-order valence-corrected chi connectivity index (χ1v) is 21.6. The number of aliphatic imine (C=N–C) groups is 2. The molecule has 2 fully saturated rings. The number of ether oxygens (including phenoxy) is 4. The maximum atomic E-state index is 13.4. The van der Waals surface area contributed by atoms with Gasteiger partial charge in [0.25, 0.3) is 5.91 Å². The highest BCUT2D eigenvalue weighted by molar-refractivity contribution is 6.49. The minimum Gasteiger partial charge on any atom is -0.463 e. The quantitative estimate of drug-likeness (QED) is 0.0198. The van der Waals surface area contributed by atoms with Crippen molar-refractivity contribution in [3.8, 4) is 11.5 Å². The summed E-state index contributed by atoms with van der Waals surface area (Å²) in [6, 6.07) is 25.2. The van der Waals surface area contributed by atoms with E-state index >= 15 is 0 Å². The molecule has 4 aromatic rings. The zero-order valence-corrected chi connectivity index (χ0v) is 39.4. The highest BCUT2D eigenvalue weighted by Gasteiger charge is 2.50. The van der Waals surface area contributed by atoms with Crippen LogP contribution < -0.4 is 26.7 Å². The first kappa shape index (κ1) is 55.1. The first-order chi connectivity index (χ1) is 32.9. The fourth-order valence-electron chi connectivity index (χ4n) is 7.62. The van der Waals surface area contributed by atoms with Gasteiger partial charge in [-0.1, -0.05) is 65.7 Å². The van der Waals surface area contributed by atoms with Gasteiger partial charge < -0.3 is 36.1 Å². The van der Waals surface area contributed by atoms with Crippen LogP contribution in [0.25, 0.3) is 0 Å². The Balaban J connectivity index is 0.000000276. The van der Waals surface area contributed by atoms with Crippen LogP contribution in [-0.2, 0) is 29.4 Å². The number of alkyl halides is 4. The molecule has 0 spiro atoms. The highest BCUT2D eigenvalue weighted by atomic mass is 35.5. The summed E-state index contributed by atoms with van der Waals surface area (Å²) < 4.78 is 68.1. The van der Waals surface area contributed by atoms with Gasteiger partial charge in [0.2, 0.25) is 11.6 Å². The van der Waals surface area contributed by atoms with E-state index in [9.17, 15) is 41.5 Å². The van der Waals surface area contributed by atoms with Crippen LogP contribution in [0.5, 0.6) is 11.5 Å². The molecule has 4 aromatic carbocycles. The molecular weight excluding hydrogens is 940 g/mol. The molecule has 3 aliphatic rings. The third kappa shape index (κ3) is 14.0. The number of amides is 1. The molecule has 15 nitrogen and oxygen atoms in total.